The van der Waals surface area contributed by atoms with Gasteiger partial charge in [0.1, 0.15) is 0 Å². The molecular weight excluding hydrogens is 236 g/mol. The van der Waals surface area contributed by atoms with Crippen LogP contribution in [0.15, 0.2) is 0 Å². The highest BCUT2D eigenvalue weighted by Gasteiger charge is 2.31. The Morgan fingerprint density at radius 2 is 1.53 bits per heavy atom. The second-order valence-electron chi connectivity index (χ2n) is 6.71. The van der Waals surface area contributed by atoms with Crippen molar-refractivity contribution >= 4 is 0 Å². The molecule has 0 radical (unpaired) electrons. The third-order valence-corrected chi connectivity index (χ3v) is 3.81. The number of rotatable bonds is 11. The predicted molar refractivity (Wildman–Crippen MR) is 84.0 cm³/mol. The summed E-state index contributed by atoms with van der Waals surface area (Å²) in [5.74, 6) is 5.70. The monoisotopic (exact) mass is 272 g/mol. The van der Waals surface area contributed by atoms with Crippen LogP contribution in [0.5, 0.6) is 0 Å². The van der Waals surface area contributed by atoms with Gasteiger partial charge in [0.15, 0.2) is 0 Å². The van der Waals surface area contributed by atoms with Crippen molar-refractivity contribution in [1.29, 1.82) is 0 Å². The Labute approximate surface area is 120 Å². The van der Waals surface area contributed by atoms with E-state index >= 15 is 0 Å². The van der Waals surface area contributed by atoms with Gasteiger partial charge in [-0.2, -0.15) is 0 Å². The average Bonchev–Trinajstić information content (AvgIpc) is 2.34. The summed E-state index contributed by atoms with van der Waals surface area (Å²) in [6, 6.07) is 0.251. The highest BCUT2D eigenvalue weighted by atomic mass is 16.5. The first kappa shape index (κ1) is 18.9. The van der Waals surface area contributed by atoms with Crippen LogP contribution in [-0.2, 0) is 4.74 Å². The van der Waals surface area contributed by atoms with Crippen LogP contribution in [0.25, 0.3) is 0 Å². The average molecular weight is 272 g/mol. The van der Waals surface area contributed by atoms with Gasteiger partial charge in [0, 0.05) is 13.2 Å². The lowest BCUT2D eigenvalue weighted by Crippen LogP contribution is -2.50. The topological polar surface area (TPSA) is 47.3 Å². The fourth-order valence-electron chi connectivity index (χ4n) is 2.76. The second-order valence-corrected chi connectivity index (χ2v) is 6.71. The van der Waals surface area contributed by atoms with Gasteiger partial charge in [-0.3, -0.25) is 11.3 Å². The fourth-order valence-corrected chi connectivity index (χ4v) is 2.76. The van der Waals surface area contributed by atoms with Crippen molar-refractivity contribution in [1.82, 2.24) is 5.43 Å². The molecule has 0 aromatic carbocycles. The lowest BCUT2D eigenvalue weighted by Gasteiger charge is -2.35. The van der Waals surface area contributed by atoms with E-state index in [0.29, 0.717) is 0 Å². The zero-order valence-corrected chi connectivity index (χ0v) is 13.8. The fraction of sp³-hybridized carbons (Fsp3) is 1.00. The minimum Gasteiger partial charge on any atom is -0.379 e. The van der Waals surface area contributed by atoms with Crippen molar-refractivity contribution < 1.29 is 4.74 Å². The van der Waals surface area contributed by atoms with E-state index in [1.54, 1.807) is 7.11 Å². The molecule has 2 unspecified atom stereocenters. The van der Waals surface area contributed by atoms with E-state index in [1.807, 2.05) is 0 Å². The molecular formula is C16H36N2O. The molecule has 0 aromatic heterocycles. The van der Waals surface area contributed by atoms with E-state index in [2.05, 4.69) is 33.1 Å². The van der Waals surface area contributed by atoms with Gasteiger partial charge in [0.25, 0.3) is 0 Å². The SMILES string of the molecule is CCCCCCCCCC(NN)C(OC)C(C)(C)C. The Morgan fingerprint density at radius 1 is 1.00 bits per heavy atom. The molecule has 0 spiro atoms. The Bertz CT molecular complexity index is 201. The van der Waals surface area contributed by atoms with E-state index in [0.717, 1.165) is 6.42 Å². The van der Waals surface area contributed by atoms with Crippen LogP contribution < -0.4 is 11.3 Å². The summed E-state index contributed by atoms with van der Waals surface area (Å²) in [5.41, 5.74) is 3.06. The molecule has 0 fully saturated rings. The summed E-state index contributed by atoms with van der Waals surface area (Å²) in [7, 11) is 1.78. The molecule has 3 nitrogen and oxygen atoms in total. The summed E-state index contributed by atoms with van der Waals surface area (Å²) >= 11 is 0. The van der Waals surface area contributed by atoms with Crippen LogP contribution in [-0.4, -0.2) is 19.3 Å². The quantitative estimate of drug-likeness (QED) is 0.339. The summed E-state index contributed by atoms with van der Waals surface area (Å²) in [4.78, 5) is 0. The van der Waals surface area contributed by atoms with Gasteiger partial charge in [-0.25, -0.2) is 0 Å². The maximum Gasteiger partial charge on any atom is 0.0785 e. The van der Waals surface area contributed by atoms with E-state index in [1.165, 1.54) is 44.9 Å². The lowest BCUT2D eigenvalue weighted by molar-refractivity contribution is -0.0137. The predicted octanol–water partition coefficient (Wildman–Crippen LogP) is 4.02. The van der Waals surface area contributed by atoms with Crippen LogP contribution in [0.4, 0.5) is 0 Å². The smallest absolute Gasteiger partial charge is 0.0785 e. The molecule has 0 saturated carbocycles. The van der Waals surface area contributed by atoms with E-state index in [9.17, 15) is 0 Å². The zero-order chi connectivity index (χ0) is 14.7. The second kappa shape index (κ2) is 10.6. The minimum atomic E-state index is 0.118. The number of methoxy groups -OCH3 is 1. The van der Waals surface area contributed by atoms with Gasteiger partial charge >= 0.3 is 0 Å². The standard InChI is InChI=1S/C16H36N2O/c1-6-7-8-9-10-11-12-13-14(18-17)15(19-5)16(2,3)4/h14-15,18H,6-13,17H2,1-5H3. The van der Waals surface area contributed by atoms with Crippen molar-refractivity contribution in [3.63, 3.8) is 0 Å². The number of hydrazine groups is 1. The number of hydrogen-bond donors (Lipinski definition) is 2. The Hall–Kier alpha value is -0.120. The Balaban J connectivity index is 3.87. The molecule has 3 N–H and O–H groups in total. The third kappa shape index (κ3) is 8.61. The van der Waals surface area contributed by atoms with Crippen molar-refractivity contribution in [3.8, 4) is 0 Å². The van der Waals surface area contributed by atoms with Crippen molar-refractivity contribution in [2.45, 2.75) is 91.2 Å². The van der Waals surface area contributed by atoms with E-state index in [-0.39, 0.29) is 17.6 Å². The first-order valence-electron chi connectivity index (χ1n) is 7.96. The molecule has 0 aliphatic carbocycles. The molecule has 0 aliphatic heterocycles. The molecule has 2 atom stereocenters. The molecule has 0 heterocycles. The molecule has 0 bridgehead atoms. The largest absolute Gasteiger partial charge is 0.379 e. The molecule has 0 aliphatic rings. The van der Waals surface area contributed by atoms with Crippen molar-refractivity contribution in [2.75, 3.05) is 7.11 Å². The van der Waals surface area contributed by atoms with Gasteiger partial charge in [-0.1, -0.05) is 72.6 Å². The number of hydrogen-bond acceptors (Lipinski definition) is 3. The molecule has 0 aromatic rings. The molecule has 0 saturated heterocycles. The summed E-state index contributed by atoms with van der Waals surface area (Å²) in [5, 5.41) is 0. The van der Waals surface area contributed by atoms with Gasteiger partial charge in [-0.15, -0.1) is 0 Å². The first-order valence-corrected chi connectivity index (χ1v) is 7.96. The van der Waals surface area contributed by atoms with Crippen LogP contribution in [0.3, 0.4) is 0 Å². The maximum atomic E-state index is 5.70. The highest BCUT2D eigenvalue weighted by Crippen LogP contribution is 2.26. The van der Waals surface area contributed by atoms with Gasteiger partial charge in [-0.05, 0) is 11.8 Å². The number of nitrogens with two attached hydrogens (primary N) is 1. The van der Waals surface area contributed by atoms with Crippen LogP contribution in [0.1, 0.15) is 79.1 Å². The summed E-state index contributed by atoms with van der Waals surface area (Å²) in [6.07, 6.45) is 10.6. The normalized spacial score (nSPS) is 15.5. The van der Waals surface area contributed by atoms with Gasteiger partial charge in [0.2, 0.25) is 0 Å². The van der Waals surface area contributed by atoms with E-state index in [4.69, 9.17) is 10.6 Å². The minimum absolute atomic E-state index is 0.118. The number of unbranched alkanes of at least 4 members (excludes halogenated alkanes) is 6. The summed E-state index contributed by atoms with van der Waals surface area (Å²) < 4.78 is 5.64. The van der Waals surface area contributed by atoms with Crippen molar-refractivity contribution in [3.05, 3.63) is 0 Å². The molecule has 116 valence electrons. The van der Waals surface area contributed by atoms with Gasteiger partial charge < -0.3 is 4.74 Å². The van der Waals surface area contributed by atoms with Crippen LogP contribution in [0, 0.1) is 5.41 Å². The lowest BCUT2D eigenvalue weighted by atomic mass is 9.83. The zero-order valence-electron chi connectivity index (χ0n) is 13.8. The Morgan fingerprint density at radius 3 is 1.95 bits per heavy atom. The summed E-state index contributed by atoms with van der Waals surface area (Å²) in [6.45, 7) is 8.87. The highest BCUT2D eigenvalue weighted by molar-refractivity contribution is 4.84. The number of nitrogens with one attached hydrogen (secondary N) is 1. The molecule has 0 amide bonds. The van der Waals surface area contributed by atoms with Crippen molar-refractivity contribution in [2.24, 2.45) is 11.3 Å². The molecule has 0 rings (SSSR count). The third-order valence-electron chi connectivity index (χ3n) is 3.81. The molecule has 3 heteroatoms. The van der Waals surface area contributed by atoms with E-state index < -0.39 is 0 Å². The molecule has 19 heavy (non-hydrogen) atoms. The Kier molecular flexibility index (Phi) is 10.6. The van der Waals surface area contributed by atoms with Crippen LogP contribution >= 0.6 is 0 Å². The maximum absolute atomic E-state index is 5.70. The van der Waals surface area contributed by atoms with Gasteiger partial charge in [0.05, 0.1) is 6.10 Å². The number of ether oxygens (including phenoxy) is 1. The first-order chi connectivity index (χ1) is 8.97. The van der Waals surface area contributed by atoms with Crippen LogP contribution in [0.2, 0.25) is 0 Å².